The quantitative estimate of drug-likeness (QED) is 0.427. The van der Waals surface area contributed by atoms with Gasteiger partial charge in [0.25, 0.3) is 0 Å². The Balaban J connectivity index is 1.88. The maximum Gasteiger partial charge on any atom is 0.416 e. The number of alkyl halides is 3. The zero-order valence-electron chi connectivity index (χ0n) is 15.1. The van der Waals surface area contributed by atoms with E-state index in [-0.39, 0.29) is 23.4 Å². The maximum atomic E-state index is 12.7. The highest BCUT2D eigenvalue weighted by Crippen LogP contribution is 2.34. The van der Waals surface area contributed by atoms with Gasteiger partial charge in [-0.3, -0.25) is 10.1 Å². The summed E-state index contributed by atoms with van der Waals surface area (Å²) >= 11 is 0. The molecule has 3 rings (SSSR count). The molecule has 0 amide bonds. The molecule has 0 fully saturated rings. The van der Waals surface area contributed by atoms with Crippen molar-refractivity contribution in [2.24, 2.45) is 0 Å². The first-order valence-electron chi connectivity index (χ1n) is 8.51. The van der Waals surface area contributed by atoms with Crippen molar-refractivity contribution in [3.63, 3.8) is 0 Å². The van der Waals surface area contributed by atoms with Crippen LogP contribution in [0.1, 0.15) is 24.1 Å². The van der Waals surface area contributed by atoms with Crippen LogP contribution in [0.15, 0.2) is 60.9 Å². The lowest BCUT2D eigenvalue weighted by molar-refractivity contribution is -0.383. The van der Waals surface area contributed by atoms with E-state index in [9.17, 15) is 23.3 Å². The number of nitro groups is 1. The Morgan fingerprint density at radius 3 is 2.21 bits per heavy atom. The summed E-state index contributed by atoms with van der Waals surface area (Å²) in [4.78, 5) is 18.8. The van der Waals surface area contributed by atoms with Crippen molar-refractivity contribution < 1.29 is 18.1 Å². The van der Waals surface area contributed by atoms with Crippen LogP contribution in [-0.4, -0.2) is 14.9 Å². The Labute approximate surface area is 163 Å². The van der Waals surface area contributed by atoms with E-state index in [0.29, 0.717) is 0 Å². The third kappa shape index (κ3) is 4.78. The van der Waals surface area contributed by atoms with Crippen LogP contribution < -0.4 is 10.6 Å². The lowest BCUT2D eigenvalue weighted by Gasteiger charge is -2.16. The van der Waals surface area contributed by atoms with Gasteiger partial charge in [0.05, 0.1) is 16.5 Å². The topological polar surface area (TPSA) is 93.0 Å². The van der Waals surface area contributed by atoms with Crippen LogP contribution in [0, 0.1) is 10.1 Å². The molecule has 0 bridgehead atoms. The maximum absolute atomic E-state index is 12.7. The Kier molecular flexibility index (Phi) is 5.62. The molecule has 7 nitrogen and oxygen atoms in total. The molecule has 1 aromatic heterocycles. The fraction of sp³-hybridized carbons (Fsp3) is 0.158. The molecule has 10 heteroatoms. The zero-order chi connectivity index (χ0) is 21.0. The van der Waals surface area contributed by atoms with Crippen molar-refractivity contribution in [1.82, 2.24) is 9.97 Å². The minimum Gasteiger partial charge on any atom is -0.358 e. The summed E-state index contributed by atoms with van der Waals surface area (Å²) in [6.07, 6.45) is -3.33. The van der Waals surface area contributed by atoms with Crippen molar-refractivity contribution in [1.29, 1.82) is 0 Å². The Morgan fingerprint density at radius 1 is 1.00 bits per heavy atom. The number of hydrogen-bond acceptors (Lipinski definition) is 6. The van der Waals surface area contributed by atoms with Gasteiger partial charge in [-0.15, -0.1) is 0 Å². The molecule has 3 aromatic rings. The monoisotopic (exact) mass is 403 g/mol. The van der Waals surface area contributed by atoms with E-state index < -0.39 is 22.4 Å². The van der Waals surface area contributed by atoms with Crippen LogP contribution in [0.3, 0.4) is 0 Å². The molecule has 1 atom stereocenters. The van der Waals surface area contributed by atoms with Gasteiger partial charge < -0.3 is 10.6 Å². The van der Waals surface area contributed by atoms with Gasteiger partial charge in [0.2, 0.25) is 11.6 Å². The first kappa shape index (κ1) is 20.1. The minimum atomic E-state index is -4.47. The Bertz CT molecular complexity index is 995. The van der Waals surface area contributed by atoms with Crippen LogP contribution in [0.4, 0.5) is 36.2 Å². The molecule has 1 heterocycles. The first-order valence-corrected chi connectivity index (χ1v) is 8.51. The smallest absolute Gasteiger partial charge is 0.358 e. The van der Waals surface area contributed by atoms with Gasteiger partial charge in [-0.25, -0.2) is 9.97 Å². The van der Waals surface area contributed by atoms with Crippen LogP contribution in [-0.2, 0) is 6.18 Å². The molecule has 2 N–H and O–H groups in total. The number of anilines is 3. The summed E-state index contributed by atoms with van der Waals surface area (Å²) < 4.78 is 38.1. The summed E-state index contributed by atoms with van der Waals surface area (Å²) in [5.41, 5.74) is -0.103. The molecule has 0 radical (unpaired) electrons. The summed E-state index contributed by atoms with van der Waals surface area (Å²) in [5.74, 6) is -0.136. The molecule has 0 aliphatic rings. The third-order valence-corrected chi connectivity index (χ3v) is 4.13. The number of nitrogens with zero attached hydrogens (tertiary/aromatic N) is 3. The molecule has 2 aromatic carbocycles. The van der Waals surface area contributed by atoms with Crippen molar-refractivity contribution in [3.05, 3.63) is 82.2 Å². The predicted molar refractivity (Wildman–Crippen MR) is 102 cm³/mol. The predicted octanol–water partition coefficient (Wildman–Crippen LogP) is 5.32. The van der Waals surface area contributed by atoms with Crippen molar-refractivity contribution in [3.8, 4) is 0 Å². The molecule has 0 saturated heterocycles. The second-order valence-electron chi connectivity index (χ2n) is 6.15. The van der Waals surface area contributed by atoms with Gasteiger partial charge in [0.1, 0.15) is 6.33 Å². The van der Waals surface area contributed by atoms with Crippen LogP contribution in [0.5, 0.6) is 0 Å². The fourth-order valence-corrected chi connectivity index (χ4v) is 2.66. The lowest BCUT2D eigenvalue weighted by atomic mass is 10.1. The van der Waals surface area contributed by atoms with Gasteiger partial charge in [-0.1, -0.05) is 30.3 Å². The molecule has 150 valence electrons. The van der Waals surface area contributed by atoms with E-state index in [2.05, 4.69) is 20.6 Å². The summed E-state index contributed by atoms with van der Waals surface area (Å²) in [5, 5.41) is 17.3. The van der Waals surface area contributed by atoms with Crippen molar-refractivity contribution in [2.75, 3.05) is 10.6 Å². The molecule has 29 heavy (non-hydrogen) atoms. The number of nitrogens with one attached hydrogen (secondary N) is 2. The van der Waals surface area contributed by atoms with E-state index in [1.165, 1.54) is 12.1 Å². The minimum absolute atomic E-state index is 0.00392. The van der Waals surface area contributed by atoms with E-state index in [1.807, 2.05) is 37.3 Å². The fourth-order valence-electron chi connectivity index (χ4n) is 2.66. The van der Waals surface area contributed by atoms with Gasteiger partial charge in [-0.05, 0) is 36.8 Å². The average molecular weight is 403 g/mol. The first-order chi connectivity index (χ1) is 13.8. The Morgan fingerprint density at radius 2 is 1.62 bits per heavy atom. The molecule has 0 aliphatic heterocycles. The molecule has 1 unspecified atom stereocenters. The standard InChI is InChI=1S/C19H16F3N5O2/c1-12(13-5-3-2-4-6-13)25-17-16(27(28)29)18(24-11-23-17)26-15-9-7-14(8-10-15)19(20,21)22/h2-12H,1H3,(H2,23,24,25,26). The van der Waals surface area contributed by atoms with Gasteiger partial charge in [-0.2, -0.15) is 13.2 Å². The summed E-state index contributed by atoms with van der Waals surface area (Å²) in [6.45, 7) is 1.82. The molecule has 0 saturated carbocycles. The van der Waals surface area contributed by atoms with E-state index >= 15 is 0 Å². The van der Waals surface area contributed by atoms with E-state index in [1.54, 1.807) is 0 Å². The van der Waals surface area contributed by atoms with E-state index in [0.717, 1.165) is 24.0 Å². The Hall–Kier alpha value is -3.69. The molecular formula is C19H16F3N5O2. The second-order valence-corrected chi connectivity index (χ2v) is 6.15. The molecule has 0 aliphatic carbocycles. The normalized spacial score (nSPS) is 12.3. The highest BCUT2D eigenvalue weighted by atomic mass is 19.4. The van der Waals surface area contributed by atoms with Crippen molar-refractivity contribution >= 4 is 23.0 Å². The van der Waals surface area contributed by atoms with Gasteiger partial charge in [0.15, 0.2) is 0 Å². The summed E-state index contributed by atoms with van der Waals surface area (Å²) in [6, 6.07) is 13.1. The summed E-state index contributed by atoms with van der Waals surface area (Å²) in [7, 11) is 0. The SMILES string of the molecule is CC(Nc1ncnc(Nc2ccc(C(F)(F)F)cc2)c1[N+](=O)[O-])c1ccccc1. The van der Waals surface area contributed by atoms with E-state index in [4.69, 9.17) is 0 Å². The van der Waals surface area contributed by atoms with Gasteiger partial charge >= 0.3 is 11.9 Å². The van der Waals surface area contributed by atoms with Crippen LogP contribution in [0.2, 0.25) is 0 Å². The number of aromatic nitrogens is 2. The number of halogens is 3. The van der Waals surface area contributed by atoms with Crippen LogP contribution in [0.25, 0.3) is 0 Å². The average Bonchev–Trinajstić information content (AvgIpc) is 2.68. The lowest BCUT2D eigenvalue weighted by Crippen LogP contribution is -2.11. The van der Waals surface area contributed by atoms with Crippen molar-refractivity contribution in [2.45, 2.75) is 19.1 Å². The number of rotatable bonds is 6. The number of benzene rings is 2. The molecule has 0 spiro atoms. The second kappa shape index (κ2) is 8.13. The zero-order valence-corrected chi connectivity index (χ0v) is 15.1. The molecular weight excluding hydrogens is 387 g/mol. The largest absolute Gasteiger partial charge is 0.416 e. The van der Waals surface area contributed by atoms with Crippen LogP contribution >= 0.6 is 0 Å². The highest BCUT2D eigenvalue weighted by Gasteiger charge is 2.30. The number of hydrogen-bond donors (Lipinski definition) is 2. The van der Waals surface area contributed by atoms with Gasteiger partial charge in [0, 0.05) is 5.69 Å². The third-order valence-electron chi connectivity index (χ3n) is 4.13. The highest BCUT2D eigenvalue weighted by molar-refractivity contribution is 5.74.